The summed E-state index contributed by atoms with van der Waals surface area (Å²) in [5, 5.41) is 5.11. The number of anilines is 6. The standard InChI is InChI=1S/C62H44N2S2/c1-41-31-43(35-45(33-41)55-37-51(39-57-53-27-15-17-29-59(53)65-61(55)57)63(47-19-7-3-8-20-47)48-21-9-4-10-22-48)44-32-42(2)34-46(36-44)56-38-52(40-58-54-28-16-18-30-60(54)66-62(56)58)64(49-23-11-5-12-24-49)50-25-13-6-14-26-50/h3-40H,1-2H3. The lowest BCUT2D eigenvalue weighted by molar-refractivity contribution is 1.29. The molecule has 2 aromatic heterocycles. The molecular formula is C62H44N2S2. The van der Waals surface area contributed by atoms with Gasteiger partial charge in [0.25, 0.3) is 0 Å². The number of para-hydroxylation sites is 4. The van der Waals surface area contributed by atoms with Gasteiger partial charge in [0.05, 0.1) is 0 Å². The number of rotatable bonds is 9. The highest BCUT2D eigenvalue weighted by atomic mass is 32.1. The molecule has 0 aliphatic rings. The van der Waals surface area contributed by atoms with Gasteiger partial charge in [-0.1, -0.05) is 133 Å². The summed E-state index contributed by atoms with van der Waals surface area (Å²) in [6.45, 7) is 4.48. The maximum absolute atomic E-state index is 2.42. The van der Waals surface area contributed by atoms with E-state index in [2.05, 4.69) is 254 Å². The zero-order valence-electron chi connectivity index (χ0n) is 36.7. The number of hydrogen-bond donors (Lipinski definition) is 0. The number of aryl methyl sites for hydroxylation is 2. The monoisotopic (exact) mass is 880 g/mol. The van der Waals surface area contributed by atoms with Gasteiger partial charge < -0.3 is 9.80 Å². The van der Waals surface area contributed by atoms with E-state index in [1.165, 1.54) is 84.9 Å². The van der Waals surface area contributed by atoms with Crippen LogP contribution in [0.3, 0.4) is 0 Å². The van der Waals surface area contributed by atoms with Crippen LogP contribution >= 0.6 is 22.7 Å². The Hall–Kier alpha value is -7.76. The van der Waals surface area contributed by atoms with Crippen molar-refractivity contribution < 1.29 is 0 Å². The summed E-state index contributed by atoms with van der Waals surface area (Å²) in [5.41, 5.74) is 16.5. The minimum absolute atomic E-state index is 1.12. The number of benzene rings is 10. The summed E-state index contributed by atoms with van der Waals surface area (Å²) < 4.78 is 5.18. The predicted molar refractivity (Wildman–Crippen MR) is 287 cm³/mol. The van der Waals surface area contributed by atoms with Gasteiger partial charge in [0, 0.05) is 85.6 Å². The Morgan fingerprint density at radius 2 is 0.591 bits per heavy atom. The molecule has 12 rings (SSSR count). The van der Waals surface area contributed by atoms with E-state index in [-0.39, 0.29) is 0 Å². The van der Waals surface area contributed by atoms with Crippen molar-refractivity contribution in [3.05, 3.63) is 242 Å². The van der Waals surface area contributed by atoms with Gasteiger partial charge in [0.15, 0.2) is 0 Å². The summed E-state index contributed by atoms with van der Waals surface area (Å²) in [6, 6.07) is 84.5. The van der Waals surface area contributed by atoms with E-state index in [0.29, 0.717) is 0 Å². The van der Waals surface area contributed by atoms with Gasteiger partial charge in [-0.3, -0.25) is 0 Å². The fraction of sp³-hybridized carbons (Fsp3) is 0.0323. The highest BCUT2D eigenvalue weighted by Crippen LogP contribution is 2.48. The van der Waals surface area contributed by atoms with Crippen LogP contribution in [0.2, 0.25) is 0 Å². The molecule has 2 nitrogen and oxygen atoms in total. The van der Waals surface area contributed by atoms with Crippen LogP contribution in [-0.2, 0) is 0 Å². The molecule has 66 heavy (non-hydrogen) atoms. The van der Waals surface area contributed by atoms with Crippen LogP contribution in [-0.4, -0.2) is 0 Å². The maximum atomic E-state index is 2.42. The van der Waals surface area contributed by atoms with Crippen LogP contribution in [0.15, 0.2) is 231 Å². The minimum Gasteiger partial charge on any atom is -0.310 e. The van der Waals surface area contributed by atoms with Gasteiger partial charge in [-0.25, -0.2) is 0 Å². The maximum Gasteiger partial charge on any atom is 0.0475 e. The first-order valence-corrected chi connectivity index (χ1v) is 24.1. The van der Waals surface area contributed by atoms with Crippen LogP contribution in [0.1, 0.15) is 11.1 Å². The average molecular weight is 881 g/mol. The largest absolute Gasteiger partial charge is 0.310 e. The molecule has 0 radical (unpaired) electrons. The number of nitrogens with zero attached hydrogens (tertiary/aromatic N) is 2. The van der Waals surface area contributed by atoms with Gasteiger partial charge in [0.1, 0.15) is 0 Å². The van der Waals surface area contributed by atoms with E-state index in [1.807, 2.05) is 22.7 Å². The first-order valence-electron chi connectivity index (χ1n) is 22.5. The van der Waals surface area contributed by atoms with Crippen molar-refractivity contribution in [2.45, 2.75) is 13.8 Å². The molecule has 0 fully saturated rings. The predicted octanol–water partition coefficient (Wildman–Crippen LogP) is 19.0. The number of hydrogen-bond acceptors (Lipinski definition) is 4. The molecule has 0 aliphatic heterocycles. The molecule has 2 heterocycles. The van der Waals surface area contributed by atoms with E-state index in [0.717, 1.165) is 34.1 Å². The van der Waals surface area contributed by atoms with Crippen molar-refractivity contribution in [3.8, 4) is 33.4 Å². The van der Waals surface area contributed by atoms with Crippen LogP contribution in [0.25, 0.3) is 73.7 Å². The number of fused-ring (bicyclic) bond motifs is 6. The minimum atomic E-state index is 1.12. The van der Waals surface area contributed by atoms with Crippen LogP contribution in [0.5, 0.6) is 0 Å². The third-order valence-corrected chi connectivity index (χ3v) is 15.0. The van der Waals surface area contributed by atoms with Gasteiger partial charge >= 0.3 is 0 Å². The summed E-state index contributed by atoms with van der Waals surface area (Å²) in [6.07, 6.45) is 0. The van der Waals surface area contributed by atoms with Crippen LogP contribution in [0.4, 0.5) is 34.1 Å². The Morgan fingerprint density at radius 3 is 0.955 bits per heavy atom. The first-order chi connectivity index (χ1) is 32.5. The molecule has 0 aliphatic carbocycles. The summed E-state index contributed by atoms with van der Waals surface area (Å²) >= 11 is 3.77. The quantitative estimate of drug-likeness (QED) is 0.143. The van der Waals surface area contributed by atoms with E-state index >= 15 is 0 Å². The van der Waals surface area contributed by atoms with Crippen molar-refractivity contribution in [2.24, 2.45) is 0 Å². The smallest absolute Gasteiger partial charge is 0.0475 e. The topological polar surface area (TPSA) is 6.48 Å². The Kier molecular flexibility index (Phi) is 10.0. The Balaban J connectivity index is 1.05. The van der Waals surface area contributed by atoms with Gasteiger partial charge in [0.2, 0.25) is 0 Å². The molecule has 0 amide bonds. The van der Waals surface area contributed by atoms with Crippen LogP contribution in [0, 0.1) is 13.8 Å². The lowest BCUT2D eigenvalue weighted by Gasteiger charge is -2.26. The normalized spacial score (nSPS) is 11.5. The average Bonchev–Trinajstić information content (AvgIpc) is 3.93. The lowest BCUT2D eigenvalue weighted by atomic mass is 9.92. The fourth-order valence-electron chi connectivity index (χ4n) is 9.72. The molecule has 0 N–H and O–H groups in total. The van der Waals surface area contributed by atoms with Crippen LogP contribution < -0.4 is 9.80 Å². The molecule has 0 unspecified atom stereocenters. The third kappa shape index (κ3) is 7.21. The van der Waals surface area contributed by atoms with Gasteiger partial charge in [-0.05, 0) is 144 Å². The van der Waals surface area contributed by atoms with E-state index in [9.17, 15) is 0 Å². The Morgan fingerprint density at radius 1 is 0.273 bits per heavy atom. The van der Waals surface area contributed by atoms with Crippen molar-refractivity contribution in [3.63, 3.8) is 0 Å². The zero-order chi connectivity index (χ0) is 44.1. The first kappa shape index (κ1) is 39.8. The molecule has 0 spiro atoms. The van der Waals surface area contributed by atoms with Gasteiger partial charge in [-0.2, -0.15) is 0 Å². The lowest BCUT2D eigenvalue weighted by Crippen LogP contribution is -2.09. The van der Waals surface area contributed by atoms with E-state index in [4.69, 9.17) is 0 Å². The summed E-state index contributed by atoms with van der Waals surface area (Å²) in [4.78, 5) is 4.77. The number of thiophene rings is 2. The molecule has 0 atom stereocenters. The van der Waals surface area contributed by atoms with E-state index < -0.39 is 0 Å². The molecular weight excluding hydrogens is 837 g/mol. The summed E-state index contributed by atoms with van der Waals surface area (Å²) in [5.74, 6) is 0. The van der Waals surface area contributed by atoms with Crippen molar-refractivity contribution >= 4 is 97.1 Å². The Bertz CT molecular complexity index is 3400. The second-order valence-corrected chi connectivity index (χ2v) is 19.2. The molecule has 4 heteroatoms. The SMILES string of the molecule is Cc1cc(-c2cc(C)cc(-c3cc(N(c4ccccc4)c4ccccc4)cc4c3sc3ccccc34)c2)cc(-c2cc(N(c3ccccc3)c3ccccc3)cc3c2sc2ccccc23)c1. The molecule has 0 bridgehead atoms. The highest BCUT2D eigenvalue weighted by Gasteiger charge is 2.21. The fourth-order valence-corrected chi connectivity index (χ4v) is 12.2. The molecule has 0 saturated heterocycles. The Labute approximate surface area is 393 Å². The molecule has 0 saturated carbocycles. The van der Waals surface area contributed by atoms with Crippen molar-refractivity contribution in [1.82, 2.24) is 0 Å². The highest BCUT2D eigenvalue weighted by molar-refractivity contribution is 7.26. The van der Waals surface area contributed by atoms with Crippen molar-refractivity contribution in [2.75, 3.05) is 9.80 Å². The molecule has 12 aromatic rings. The van der Waals surface area contributed by atoms with Crippen molar-refractivity contribution in [1.29, 1.82) is 0 Å². The van der Waals surface area contributed by atoms with E-state index in [1.54, 1.807) is 0 Å². The second kappa shape index (κ2) is 16.7. The zero-order valence-corrected chi connectivity index (χ0v) is 38.3. The second-order valence-electron chi connectivity index (χ2n) is 17.1. The molecule has 10 aromatic carbocycles. The molecule has 314 valence electrons. The third-order valence-electron chi connectivity index (χ3n) is 12.6. The van der Waals surface area contributed by atoms with Gasteiger partial charge in [-0.15, -0.1) is 22.7 Å². The summed E-state index contributed by atoms with van der Waals surface area (Å²) in [7, 11) is 0.